The van der Waals surface area contributed by atoms with Gasteiger partial charge in [-0.3, -0.25) is 0 Å². The number of rotatable bonds is 2. The second-order valence-electron chi connectivity index (χ2n) is 8.96. The van der Waals surface area contributed by atoms with Gasteiger partial charge in [0.1, 0.15) is 0 Å². The lowest BCUT2D eigenvalue weighted by Gasteiger charge is -2.45. The highest BCUT2D eigenvalue weighted by molar-refractivity contribution is 4.93. The number of nitrogens with zero attached hydrogens (tertiary/aromatic N) is 1. The Balaban J connectivity index is 1.55. The van der Waals surface area contributed by atoms with E-state index in [1.54, 1.807) is 0 Å². The van der Waals surface area contributed by atoms with Crippen molar-refractivity contribution in [1.29, 1.82) is 0 Å². The zero-order chi connectivity index (χ0) is 15.8. The van der Waals surface area contributed by atoms with Crippen LogP contribution in [0.2, 0.25) is 0 Å². The number of ether oxygens (including phenoxy) is 2. The predicted octanol–water partition coefficient (Wildman–Crippen LogP) is 4.07. The van der Waals surface area contributed by atoms with Crippen LogP contribution in [0.4, 0.5) is 0 Å². The normalized spacial score (nSPS) is 41.2. The molecule has 0 radical (unpaired) electrons. The summed E-state index contributed by atoms with van der Waals surface area (Å²) < 4.78 is 12.8. The maximum atomic E-state index is 6.50. The number of hydrogen-bond donors (Lipinski definition) is 0. The first-order valence-corrected chi connectivity index (χ1v) is 9.43. The van der Waals surface area contributed by atoms with Crippen molar-refractivity contribution in [2.45, 2.75) is 78.1 Å². The Morgan fingerprint density at radius 2 is 1.86 bits per heavy atom. The van der Waals surface area contributed by atoms with Crippen LogP contribution >= 0.6 is 0 Å². The Bertz CT molecular complexity index is 372. The van der Waals surface area contributed by atoms with E-state index in [2.05, 4.69) is 32.6 Å². The second kappa shape index (κ2) is 6.41. The molecular formula is C19H35NO2. The van der Waals surface area contributed by atoms with Crippen molar-refractivity contribution >= 4 is 0 Å². The van der Waals surface area contributed by atoms with Gasteiger partial charge < -0.3 is 14.4 Å². The summed E-state index contributed by atoms with van der Waals surface area (Å²) in [5, 5.41) is 0. The minimum absolute atomic E-state index is 0.276. The number of hydrogen-bond acceptors (Lipinski definition) is 3. The van der Waals surface area contributed by atoms with E-state index in [9.17, 15) is 0 Å². The lowest BCUT2D eigenvalue weighted by molar-refractivity contribution is -0.228. The molecule has 1 spiro atoms. The van der Waals surface area contributed by atoms with Crippen molar-refractivity contribution in [3.05, 3.63) is 0 Å². The summed E-state index contributed by atoms with van der Waals surface area (Å²) in [5.74, 6) is 1.03. The molecule has 3 rings (SSSR count). The Kier molecular flexibility index (Phi) is 4.87. The van der Waals surface area contributed by atoms with E-state index in [1.165, 1.54) is 45.2 Å². The van der Waals surface area contributed by atoms with E-state index >= 15 is 0 Å². The largest absolute Gasteiger partial charge is 0.347 e. The number of piperidine rings is 1. The summed E-state index contributed by atoms with van der Waals surface area (Å²) in [7, 11) is 0. The fourth-order valence-corrected chi connectivity index (χ4v) is 4.63. The molecule has 4 unspecified atom stereocenters. The van der Waals surface area contributed by atoms with E-state index in [0.29, 0.717) is 11.3 Å². The SMILES string of the molecule is CC1CC(C(C)(C)C)CCC12OCC(CN1CCCCC1)O2. The minimum atomic E-state index is -0.276. The monoisotopic (exact) mass is 309 g/mol. The Morgan fingerprint density at radius 3 is 2.50 bits per heavy atom. The van der Waals surface area contributed by atoms with Crippen molar-refractivity contribution in [2.24, 2.45) is 17.3 Å². The zero-order valence-corrected chi connectivity index (χ0v) is 15.1. The molecule has 4 atom stereocenters. The predicted molar refractivity (Wildman–Crippen MR) is 89.8 cm³/mol. The van der Waals surface area contributed by atoms with Gasteiger partial charge in [0.15, 0.2) is 5.79 Å². The van der Waals surface area contributed by atoms with E-state index < -0.39 is 0 Å². The maximum absolute atomic E-state index is 6.50. The topological polar surface area (TPSA) is 21.7 Å². The standard InChI is InChI=1S/C19H35NO2/c1-15-12-16(18(2,3)4)8-9-19(15)21-14-17(22-19)13-20-10-6-5-7-11-20/h15-17H,5-14H2,1-4H3. The lowest BCUT2D eigenvalue weighted by Crippen LogP contribution is -2.46. The molecule has 3 fully saturated rings. The Labute approximate surface area is 136 Å². The summed E-state index contributed by atoms with van der Waals surface area (Å²) >= 11 is 0. The molecule has 1 saturated carbocycles. The van der Waals surface area contributed by atoms with Crippen LogP contribution in [0.15, 0.2) is 0 Å². The van der Waals surface area contributed by atoms with Gasteiger partial charge in [0.05, 0.1) is 12.7 Å². The molecule has 2 aliphatic heterocycles. The molecule has 0 aromatic rings. The average Bonchev–Trinajstić information content (AvgIpc) is 2.86. The molecule has 2 heterocycles. The average molecular weight is 309 g/mol. The quantitative estimate of drug-likeness (QED) is 0.767. The summed E-state index contributed by atoms with van der Waals surface area (Å²) in [6.07, 6.45) is 7.93. The molecule has 22 heavy (non-hydrogen) atoms. The molecule has 0 amide bonds. The highest BCUT2D eigenvalue weighted by atomic mass is 16.7. The van der Waals surface area contributed by atoms with Crippen molar-refractivity contribution in [3.8, 4) is 0 Å². The van der Waals surface area contributed by atoms with E-state index in [0.717, 1.165) is 25.5 Å². The van der Waals surface area contributed by atoms with Crippen LogP contribution in [0.3, 0.4) is 0 Å². The fourth-order valence-electron chi connectivity index (χ4n) is 4.63. The van der Waals surface area contributed by atoms with Crippen molar-refractivity contribution < 1.29 is 9.47 Å². The highest BCUT2D eigenvalue weighted by Crippen LogP contribution is 2.48. The molecule has 128 valence electrons. The van der Waals surface area contributed by atoms with Crippen LogP contribution in [-0.4, -0.2) is 43.0 Å². The minimum Gasteiger partial charge on any atom is -0.347 e. The summed E-state index contributed by atoms with van der Waals surface area (Å²) in [6.45, 7) is 13.8. The van der Waals surface area contributed by atoms with Gasteiger partial charge in [-0.2, -0.15) is 0 Å². The molecule has 0 aromatic carbocycles. The molecular weight excluding hydrogens is 274 g/mol. The van der Waals surface area contributed by atoms with Gasteiger partial charge in [0.25, 0.3) is 0 Å². The van der Waals surface area contributed by atoms with Crippen LogP contribution in [0, 0.1) is 17.3 Å². The molecule has 0 aromatic heterocycles. The Hall–Kier alpha value is -0.120. The second-order valence-corrected chi connectivity index (χ2v) is 8.96. The van der Waals surface area contributed by atoms with Crippen molar-refractivity contribution in [2.75, 3.05) is 26.2 Å². The summed E-state index contributed by atoms with van der Waals surface area (Å²) in [4.78, 5) is 2.57. The van der Waals surface area contributed by atoms with Gasteiger partial charge in [0.2, 0.25) is 0 Å². The lowest BCUT2D eigenvalue weighted by atomic mass is 9.67. The van der Waals surface area contributed by atoms with E-state index in [1.807, 2.05) is 0 Å². The van der Waals surface area contributed by atoms with Gasteiger partial charge in [-0.25, -0.2) is 0 Å². The number of likely N-dealkylation sites (tertiary alicyclic amines) is 1. The van der Waals surface area contributed by atoms with Crippen LogP contribution in [0.25, 0.3) is 0 Å². The third kappa shape index (κ3) is 3.52. The third-order valence-electron chi connectivity index (χ3n) is 6.25. The molecule has 3 aliphatic rings. The van der Waals surface area contributed by atoms with Crippen LogP contribution in [0.1, 0.15) is 66.2 Å². The summed E-state index contributed by atoms with van der Waals surface area (Å²) in [6, 6.07) is 0. The van der Waals surface area contributed by atoms with E-state index in [-0.39, 0.29) is 11.9 Å². The van der Waals surface area contributed by atoms with Crippen molar-refractivity contribution in [1.82, 2.24) is 4.90 Å². The van der Waals surface area contributed by atoms with Gasteiger partial charge in [0, 0.05) is 18.9 Å². The van der Waals surface area contributed by atoms with Crippen LogP contribution in [0.5, 0.6) is 0 Å². The van der Waals surface area contributed by atoms with Gasteiger partial charge in [-0.15, -0.1) is 0 Å². The van der Waals surface area contributed by atoms with Crippen molar-refractivity contribution in [3.63, 3.8) is 0 Å². The van der Waals surface area contributed by atoms with Gasteiger partial charge >= 0.3 is 0 Å². The first-order chi connectivity index (χ1) is 10.4. The van der Waals surface area contributed by atoms with Crippen LogP contribution in [-0.2, 0) is 9.47 Å². The van der Waals surface area contributed by atoms with E-state index in [4.69, 9.17) is 9.47 Å². The Morgan fingerprint density at radius 1 is 1.14 bits per heavy atom. The third-order valence-corrected chi connectivity index (χ3v) is 6.25. The first-order valence-electron chi connectivity index (χ1n) is 9.43. The maximum Gasteiger partial charge on any atom is 0.171 e. The molecule has 0 N–H and O–H groups in total. The zero-order valence-electron chi connectivity index (χ0n) is 15.1. The molecule has 3 heteroatoms. The fraction of sp³-hybridized carbons (Fsp3) is 1.00. The van der Waals surface area contributed by atoms with Crippen LogP contribution < -0.4 is 0 Å². The molecule has 3 nitrogen and oxygen atoms in total. The molecule has 1 aliphatic carbocycles. The first kappa shape index (κ1) is 16.7. The molecule has 0 bridgehead atoms. The van der Waals surface area contributed by atoms with Gasteiger partial charge in [-0.05, 0) is 50.1 Å². The summed E-state index contributed by atoms with van der Waals surface area (Å²) in [5.41, 5.74) is 0.404. The van der Waals surface area contributed by atoms with Gasteiger partial charge in [-0.1, -0.05) is 34.1 Å². The smallest absolute Gasteiger partial charge is 0.171 e. The highest BCUT2D eigenvalue weighted by Gasteiger charge is 2.50. The molecule has 2 saturated heterocycles.